The number of hydrogen-bond acceptors (Lipinski definition) is 1. The molecule has 0 radical (unpaired) electrons. The summed E-state index contributed by atoms with van der Waals surface area (Å²) in [7, 11) is 0. The zero-order chi connectivity index (χ0) is 12.6. The van der Waals surface area contributed by atoms with Crippen LogP contribution in [0.4, 0.5) is 0 Å². The van der Waals surface area contributed by atoms with E-state index in [0.29, 0.717) is 0 Å². The monoisotopic (exact) mass is 236 g/mol. The molecule has 18 heavy (non-hydrogen) atoms. The SMILES string of the molecule is Cc1cccc(OC#CCCc2ccccc2)c1. The highest BCUT2D eigenvalue weighted by Gasteiger charge is 1.91. The first-order chi connectivity index (χ1) is 8.84. The summed E-state index contributed by atoms with van der Waals surface area (Å²) < 4.78 is 5.36. The van der Waals surface area contributed by atoms with E-state index in [4.69, 9.17) is 4.74 Å². The molecule has 2 aromatic rings. The first-order valence-corrected chi connectivity index (χ1v) is 6.10. The van der Waals surface area contributed by atoms with Crippen LogP contribution < -0.4 is 4.74 Å². The molecule has 0 fully saturated rings. The van der Waals surface area contributed by atoms with Gasteiger partial charge in [-0.25, -0.2) is 0 Å². The summed E-state index contributed by atoms with van der Waals surface area (Å²) in [6.45, 7) is 2.04. The minimum Gasteiger partial charge on any atom is -0.408 e. The molecule has 0 amide bonds. The number of hydrogen-bond donors (Lipinski definition) is 0. The van der Waals surface area contributed by atoms with Crippen molar-refractivity contribution < 1.29 is 4.74 Å². The van der Waals surface area contributed by atoms with E-state index in [9.17, 15) is 0 Å². The van der Waals surface area contributed by atoms with Gasteiger partial charge in [-0.15, -0.1) is 0 Å². The highest BCUT2D eigenvalue weighted by atomic mass is 16.5. The lowest BCUT2D eigenvalue weighted by molar-refractivity contribution is 0.518. The van der Waals surface area contributed by atoms with Crippen LogP contribution in [0.15, 0.2) is 54.6 Å². The molecule has 0 aliphatic rings. The maximum Gasteiger partial charge on any atom is 0.140 e. The van der Waals surface area contributed by atoms with E-state index >= 15 is 0 Å². The summed E-state index contributed by atoms with van der Waals surface area (Å²) in [5.74, 6) is 3.84. The fourth-order valence-corrected chi connectivity index (χ4v) is 1.68. The minimum absolute atomic E-state index is 0.808. The molecule has 2 rings (SSSR count). The van der Waals surface area contributed by atoms with Gasteiger partial charge in [0.05, 0.1) is 0 Å². The number of aryl methyl sites for hydroxylation is 2. The van der Waals surface area contributed by atoms with Crippen LogP contribution in [0, 0.1) is 19.0 Å². The summed E-state index contributed by atoms with van der Waals surface area (Å²) in [6, 6.07) is 18.2. The van der Waals surface area contributed by atoms with E-state index in [1.807, 2.05) is 49.4 Å². The number of rotatable bonds is 3. The number of ether oxygens (including phenoxy) is 1. The van der Waals surface area contributed by atoms with E-state index in [1.165, 1.54) is 11.1 Å². The van der Waals surface area contributed by atoms with Crippen LogP contribution in [0.3, 0.4) is 0 Å². The average molecular weight is 236 g/mol. The van der Waals surface area contributed by atoms with Crippen molar-refractivity contribution in [3.8, 4) is 17.8 Å². The van der Waals surface area contributed by atoms with Crippen molar-refractivity contribution in [2.24, 2.45) is 0 Å². The van der Waals surface area contributed by atoms with Crippen LogP contribution in [-0.4, -0.2) is 0 Å². The van der Waals surface area contributed by atoms with Gasteiger partial charge in [-0.1, -0.05) is 48.4 Å². The highest BCUT2D eigenvalue weighted by Crippen LogP contribution is 2.11. The highest BCUT2D eigenvalue weighted by molar-refractivity contribution is 5.28. The first-order valence-electron chi connectivity index (χ1n) is 6.10. The Balaban J connectivity index is 1.80. The third kappa shape index (κ3) is 3.99. The molecule has 0 saturated carbocycles. The fraction of sp³-hybridized carbons (Fsp3) is 0.176. The molecular formula is C17H16O. The van der Waals surface area contributed by atoms with Gasteiger partial charge in [-0.05, 0) is 36.6 Å². The maximum atomic E-state index is 5.36. The topological polar surface area (TPSA) is 9.23 Å². The molecule has 0 aromatic heterocycles. The van der Waals surface area contributed by atoms with Crippen LogP contribution in [0.2, 0.25) is 0 Å². The Morgan fingerprint density at radius 3 is 2.61 bits per heavy atom. The first kappa shape index (κ1) is 12.3. The van der Waals surface area contributed by atoms with Gasteiger partial charge in [0.15, 0.2) is 0 Å². The molecule has 2 aromatic carbocycles. The molecule has 0 aliphatic heterocycles. The van der Waals surface area contributed by atoms with Crippen LogP contribution in [0.25, 0.3) is 0 Å². The Kier molecular flexibility index (Phi) is 4.44. The summed E-state index contributed by atoms with van der Waals surface area (Å²) in [6.07, 6.45) is 4.53. The summed E-state index contributed by atoms with van der Waals surface area (Å²) in [5, 5.41) is 0. The Morgan fingerprint density at radius 2 is 1.83 bits per heavy atom. The van der Waals surface area contributed by atoms with E-state index < -0.39 is 0 Å². The Labute approximate surface area is 108 Å². The second-order valence-electron chi connectivity index (χ2n) is 4.18. The lowest BCUT2D eigenvalue weighted by atomic mass is 10.1. The Bertz CT molecular complexity index is 547. The lowest BCUT2D eigenvalue weighted by Crippen LogP contribution is -1.85. The molecule has 90 valence electrons. The average Bonchev–Trinajstić information content (AvgIpc) is 2.40. The Hall–Kier alpha value is -2.20. The van der Waals surface area contributed by atoms with Crippen LogP contribution in [-0.2, 0) is 6.42 Å². The van der Waals surface area contributed by atoms with E-state index in [0.717, 1.165) is 18.6 Å². The molecule has 0 aliphatic carbocycles. The van der Waals surface area contributed by atoms with Crippen molar-refractivity contribution in [1.29, 1.82) is 0 Å². The minimum atomic E-state index is 0.808. The zero-order valence-electron chi connectivity index (χ0n) is 10.5. The summed E-state index contributed by atoms with van der Waals surface area (Å²) >= 11 is 0. The van der Waals surface area contributed by atoms with Crippen molar-refractivity contribution in [2.45, 2.75) is 19.8 Å². The van der Waals surface area contributed by atoms with Gasteiger partial charge in [0, 0.05) is 6.42 Å². The molecule has 1 nitrogen and oxygen atoms in total. The van der Waals surface area contributed by atoms with Gasteiger partial charge in [0.25, 0.3) is 0 Å². The van der Waals surface area contributed by atoms with Gasteiger partial charge in [0.2, 0.25) is 0 Å². The lowest BCUT2D eigenvalue weighted by Gasteiger charge is -1.97. The quantitative estimate of drug-likeness (QED) is 0.733. The number of benzene rings is 2. The zero-order valence-corrected chi connectivity index (χ0v) is 10.5. The molecule has 0 bridgehead atoms. The van der Waals surface area contributed by atoms with Crippen molar-refractivity contribution in [2.75, 3.05) is 0 Å². The fourth-order valence-electron chi connectivity index (χ4n) is 1.68. The van der Waals surface area contributed by atoms with Crippen LogP contribution in [0.1, 0.15) is 17.5 Å². The van der Waals surface area contributed by atoms with Crippen molar-refractivity contribution in [3.63, 3.8) is 0 Å². The molecule has 0 atom stereocenters. The maximum absolute atomic E-state index is 5.36. The predicted octanol–water partition coefficient (Wildman–Crippen LogP) is 3.97. The van der Waals surface area contributed by atoms with Gasteiger partial charge in [-0.3, -0.25) is 0 Å². The standard InChI is InChI=1S/C17H16O/c1-15-8-7-12-17(14-15)18-13-6-5-11-16-9-3-2-4-10-16/h2-4,7-10,12,14H,5,11H2,1H3. The molecular weight excluding hydrogens is 220 g/mol. The van der Waals surface area contributed by atoms with E-state index in [2.05, 4.69) is 24.2 Å². The van der Waals surface area contributed by atoms with Crippen LogP contribution in [0.5, 0.6) is 5.75 Å². The van der Waals surface area contributed by atoms with E-state index in [-0.39, 0.29) is 0 Å². The van der Waals surface area contributed by atoms with Crippen molar-refractivity contribution in [3.05, 3.63) is 65.7 Å². The third-order valence-corrected chi connectivity index (χ3v) is 2.61. The van der Waals surface area contributed by atoms with E-state index in [1.54, 1.807) is 0 Å². The van der Waals surface area contributed by atoms with Crippen molar-refractivity contribution in [1.82, 2.24) is 0 Å². The van der Waals surface area contributed by atoms with Gasteiger partial charge >= 0.3 is 0 Å². The molecule has 0 saturated heterocycles. The van der Waals surface area contributed by atoms with Gasteiger partial charge < -0.3 is 4.74 Å². The summed E-state index contributed by atoms with van der Waals surface area (Å²) in [5.41, 5.74) is 2.49. The van der Waals surface area contributed by atoms with Crippen LogP contribution >= 0.6 is 0 Å². The summed E-state index contributed by atoms with van der Waals surface area (Å²) in [4.78, 5) is 0. The largest absolute Gasteiger partial charge is 0.408 e. The molecule has 0 N–H and O–H groups in total. The Morgan fingerprint density at radius 1 is 1.00 bits per heavy atom. The second-order valence-corrected chi connectivity index (χ2v) is 4.18. The van der Waals surface area contributed by atoms with Gasteiger partial charge in [-0.2, -0.15) is 0 Å². The van der Waals surface area contributed by atoms with Crippen molar-refractivity contribution >= 4 is 0 Å². The molecule has 0 spiro atoms. The molecule has 1 heteroatoms. The normalized spacial score (nSPS) is 9.39. The van der Waals surface area contributed by atoms with Gasteiger partial charge in [0.1, 0.15) is 11.9 Å². The second kappa shape index (κ2) is 6.51. The predicted molar refractivity (Wildman–Crippen MR) is 74.3 cm³/mol. The molecule has 0 heterocycles. The molecule has 0 unspecified atom stereocenters. The smallest absolute Gasteiger partial charge is 0.140 e. The third-order valence-electron chi connectivity index (χ3n) is 2.61.